The molecule has 16 nitrogen and oxygen atoms in total. The number of hydrogen-bond acceptors (Lipinski definition) is 13. The highest BCUT2D eigenvalue weighted by Gasteiger charge is 2.23. The van der Waals surface area contributed by atoms with Gasteiger partial charge in [0.1, 0.15) is 40.9 Å². The first kappa shape index (κ1) is 46.7. The number of aromatic nitrogens is 4. The second-order valence-corrected chi connectivity index (χ2v) is 16.1. The minimum absolute atomic E-state index is 0.0517. The van der Waals surface area contributed by atoms with Crippen LogP contribution in [0.1, 0.15) is 55.0 Å². The van der Waals surface area contributed by atoms with Crippen LogP contribution in [0.25, 0.3) is 39.6 Å². The van der Waals surface area contributed by atoms with Crippen LogP contribution in [0.15, 0.2) is 59.4 Å². The maximum atomic E-state index is 13.5. The largest absolute Gasteiger partial charge is 0.497 e. The van der Waals surface area contributed by atoms with E-state index in [-0.39, 0.29) is 37.1 Å². The number of sulfonamides is 1. The SMILES string of the molecule is CC(C)c1nc(N(C)S(C)(=O)=O)nc(-c2ccc(F)cc2)c1/C=C/[C@@H](O)C[C@@H](O)CC(=O)O.COc1cc(OC)c2c(=O)[nH]c(-c3cc(C)c(OCCO)c(C)c3)nc2c1. The van der Waals surface area contributed by atoms with Crippen molar-refractivity contribution < 1.29 is 52.2 Å². The lowest BCUT2D eigenvalue weighted by molar-refractivity contribution is -0.139. The van der Waals surface area contributed by atoms with Gasteiger partial charge in [0.25, 0.3) is 5.56 Å². The van der Waals surface area contributed by atoms with Crippen molar-refractivity contribution in [2.24, 2.45) is 0 Å². The Bertz CT molecular complexity index is 2490. The topological polar surface area (TPSA) is 235 Å². The Morgan fingerprint density at radius 2 is 1.63 bits per heavy atom. The number of aliphatic hydroxyl groups is 3. The quantitative estimate of drug-likeness (QED) is 0.0880. The predicted molar refractivity (Wildman–Crippen MR) is 226 cm³/mol. The van der Waals surface area contributed by atoms with Crippen molar-refractivity contribution in [3.05, 3.63) is 93.2 Å². The maximum absolute atomic E-state index is 13.5. The van der Waals surface area contributed by atoms with Crippen LogP contribution in [-0.2, 0) is 14.8 Å². The van der Waals surface area contributed by atoms with E-state index in [4.69, 9.17) is 24.4 Å². The number of anilines is 1. The number of carboxylic acids is 1. The summed E-state index contributed by atoms with van der Waals surface area (Å²) < 4.78 is 54.8. The van der Waals surface area contributed by atoms with Crippen LogP contribution >= 0.6 is 0 Å². The van der Waals surface area contributed by atoms with Crippen LogP contribution in [0, 0.1) is 19.7 Å². The summed E-state index contributed by atoms with van der Waals surface area (Å²) in [6, 6.07) is 12.6. The third kappa shape index (κ3) is 11.8. The van der Waals surface area contributed by atoms with Gasteiger partial charge in [-0.3, -0.25) is 9.59 Å². The normalized spacial score (nSPS) is 12.6. The molecule has 0 aliphatic rings. The predicted octanol–water partition coefficient (Wildman–Crippen LogP) is 5.00. The average Bonchev–Trinajstić information content (AvgIpc) is 3.18. The summed E-state index contributed by atoms with van der Waals surface area (Å²) in [6.45, 7) is 7.70. The number of hydrogen-bond donors (Lipinski definition) is 5. The zero-order valence-electron chi connectivity index (χ0n) is 34.6. The molecule has 2 atom stereocenters. The number of carbonyl (C=O) groups is 1. The number of aryl methyl sites for hydroxylation is 2. The van der Waals surface area contributed by atoms with E-state index in [0.29, 0.717) is 50.7 Å². The summed E-state index contributed by atoms with van der Waals surface area (Å²) in [6.07, 6.45) is 0.860. The number of carboxylic acid groups (broad SMARTS) is 1. The van der Waals surface area contributed by atoms with Gasteiger partial charge >= 0.3 is 5.97 Å². The van der Waals surface area contributed by atoms with E-state index < -0.39 is 40.4 Å². The lowest BCUT2D eigenvalue weighted by Gasteiger charge is -2.20. The number of nitrogens with zero attached hydrogens (tertiary/aromatic N) is 4. The molecule has 0 saturated carbocycles. The van der Waals surface area contributed by atoms with Gasteiger partial charge < -0.3 is 39.6 Å². The second-order valence-electron chi connectivity index (χ2n) is 14.1. The minimum Gasteiger partial charge on any atom is -0.497 e. The lowest BCUT2D eigenvalue weighted by Crippen LogP contribution is -2.27. The molecule has 0 saturated heterocycles. The fourth-order valence-electron chi connectivity index (χ4n) is 6.13. The molecule has 322 valence electrons. The van der Waals surface area contributed by atoms with Gasteiger partial charge in [-0.25, -0.2) is 32.1 Å². The van der Waals surface area contributed by atoms with Gasteiger partial charge in [-0.1, -0.05) is 26.0 Å². The Labute approximate surface area is 347 Å². The third-order valence-corrected chi connectivity index (χ3v) is 10.2. The summed E-state index contributed by atoms with van der Waals surface area (Å²) in [5.74, 6) is 0.266. The van der Waals surface area contributed by atoms with E-state index in [1.165, 1.54) is 50.6 Å². The van der Waals surface area contributed by atoms with Crippen LogP contribution in [0.4, 0.5) is 10.3 Å². The minimum atomic E-state index is -3.65. The van der Waals surface area contributed by atoms with E-state index in [0.717, 1.165) is 33.0 Å². The molecule has 18 heteroatoms. The summed E-state index contributed by atoms with van der Waals surface area (Å²) >= 11 is 0. The van der Waals surface area contributed by atoms with Gasteiger partial charge in [0.2, 0.25) is 16.0 Å². The molecule has 2 aromatic heterocycles. The highest BCUT2D eigenvalue weighted by Crippen LogP contribution is 2.33. The van der Waals surface area contributed by atoms with Gasteiger partial charge in [0.05, 0.1) is 62.6 Å². The van der Waals surface area contributed by atoms with Crippen LogP contribution in [0.2, 0.25) is 0 Å². The molecule has 0 spiro atoms. The van der Waals surface area contributed by atoms with Gasteiger partial charge in [-0.15, -0.1) is 0 Å². The Morgan fingerprint density at radius 3 is 2.18 bits per heavy atom. The maximum Gasteiger partial charge on any atom is 0.305 e. The Hall–Kier alpha value is -5.95. The average molecular weight is 852 g/mol. The van der Waals surface area contributed by atoms with Crippen LogP contribution in [0.3, 0.4) is 0 Å². The molecule has 0 bridgehead atoms. The lowest BCUT2D eigenvalue weighted by atomic mass is 9.97. The van der Waals surface area contributed by atoms with Crippen molar-refractivity contribution >= 4 is 38.9 Å². The molecule has 0 aliphatic carbocycles. The highest BCUT2D eigenvalue weighted by atomic mass is 32.2. The van der Waals surface area contributed by atoms with Crippen molar-refractivity contribution in [3.63, 3.8) is 0 Å². The molecule has 0 fully saturated rings. The molecule has 3 aromatic carbocycles. The standard InChI is InChI=1S/C22H28FN3O6S.C20H22N2O5/c1-13(2)20-18(10-9-16(27)11-17(28)12-19(29)30)21(14-5-7-15(23)8-6-14)25-22(24-20)26(3)33(4,31)32;1-11-7-13(8-12(2)18(11)27-6-5-23)19-21-15-9-14(25-3)10-16(26-4)17(15)20(24)22-19/h5-10,13,16-17,27-28H,11-12H2,1-4H3,(H,29,30);7-10,23H,5-6H2,1-4H3,(H,21,22,24)/b10-9+;/t16-,17-;/m1./s1. The smallest absolute Gasteiger partial charge is 0.305 e. The molecule has 0 radical (unpaired) electrons. The molecular formula is C42H50FN5O11S. The molecular weight excluding hydrogens is 802 g/mol. The molecule has 0 amide bonds. The summed E-state index contributed by atoms with van der Waals surface area (Å²) in [5, 5.41) is 38.1. The van der Waals surface area contributed by atoms with Crippen molar-refractivity contribution in [1.29, 1.82) is 0 Å². The molecule has 2 heterocycles. The van der Waals surface area contributed by atoms with Gasteiger partial charge in [0, 0.05) is 42.3 Å². The number of nitrogens with one attached hydrogen (secondary N) is 1. The first-order valence-electron chi connectivity index (χ1n) is 18.7. The zero-order chi connectivity index (χ0) is 44.5. The Balaban J connectivity index is 0.000000269. The number of rotatable bonds is 16. The zero-order valence-corrected chi connectivity index (χ0v) is 35.4. The third-order valence-electron chi connectivity index (χ3n) is 9.09. The molecule has 0 unspecified atom stereocenters. The Kier molecular flexibility index (Phi) is 15.8. The van der Waals surface area contributed by atoms with E-state index in [1.54, 1.807) is 19.2 Å². The molecule has 60 heavy (non-hydrogen) atoms. The summed E-state index contributed by atoms with van der Waals surface area (Å²) in [7, 11) is 0.722. The molecule has 0 aliphatic heterocycles. The van der Waals surface area contributed by atoms with E-state index in [1.807, 2.05) is 39.8 Å². The number of aliphatic hydroxyl groups excluding tert-OH is 3. The van der Waals surface area contributed by atoms with Crippen molar-refractivity contribution in [3.8, 4) is 39.9 Å². The van der Waals surface area contributed by atoms with Crippen molar-refractivity contribution in [1.82, 2.24) is 19.9 Å². The van der Waals surface area contributed by atoms with E-state index >= 15 is 0 Å². The molecule has 5 aromatic rings. The molecule has 5 rings (SSSR count). The van der Waals surface area contributed by atoms with E-state index in [9.17, 15) is 32.6 Å². The first-order valence-corrected chi connectivity index (χ1v) is 20.5. The first-order chi connectivity index (χ1) is 28.3. The number of aromatic amines is 1. The summed E-state index contributed by atoms with van der Waals surface area (Å²) in [5.41, 5.74) is 4.55. The van der Waals surface area contributed by atoms with Crippen LogP contribution < -0.4 is 24.1 Å². The van der Waals surface area contributed by atoms with Crippen LogP contribution in [0.5, 0.6) is 17.2 Å². The highest BCUT2D eigenvalue weighted by molar-refractivity contribution is 7.92. The number of fused-ring (bicyclic) bond motifs is 1. The van der Waals surface area contributed by atoms with Crippen molar-refractivity contribution in [2.75, 3.05) is 45.0 Å². The van der Waals surface area contributed by atoms with Gasteiger partial charge in [-0.05, 0) is 67.3 Å². The number of ether oxygens (including phenoxy) is 3. The van der Waals surface area contributed by atoms with Crippen molar-refractivity contribution in [2.45, 2.75) is 58.7 Å². The second kappa shape index (κ2) is 20.3. The fraction of sp³-hybridized carbons (Fsp3) is 0.357. The number of halogens is 1. The fourth-order valence-corrected chi connectivity index (χ4v) is 6.51. The monoisotopic (exact) mass is 851 g/mol. The number of aliphatic carboxylic acids is 1. The van der Waals surface area contributed by atoms with E-state index in [2.05, 4.69) is 19.9 Å². The van der Waals surface area contributed by atoms with Gasteiger partial charge in [-0.2, -0.15) is 0 Å². The number of methoxy groups -OCH3 is 2. The van der Waals surface area contributed by atoms with Crippen LogP contribution in [-0.4, -0.2) is 108 Å². The number of H-pyrrole nitrogens is 1. The number of benzene rings is 3. The summed E-state index contributed by atoms with van der Waals surface area (Å²) in [4.78, 5) is 39.6. The Morgan fingerprint density at radius 1 is 0.983 bits per heavy atom. The molecule has 5 N–H and O–H groups in total. The van der Waals surface area contributed by atoms with Gasteiger partial charge in [0.15, 0.2) is 0 Å².